The van der Waals surface area contributed by atoms with Crippen molar-refractivity contribution < 1.29 is 4.79 Å². The van der Waals surface area contributed by atoms with Gasteiger partial charge in [0.15, 0.2) is 0 Å². The van der Waals surface area contributed by atoms with Gasteiger partial charge in [0.2, 0.25) is 5.95 Å². The number of amides is 1. The summed E-state index contributed by atoms with van der Waals surface area (Å²) in [5.41, 5.74) is 2.58. The van der Waals surface area contributed by atoms with Gasteiger partial charge >= 0.3 is 0 Å². The predicted molar refractivity (Wildman–Crippen MR) is 89.6 cm³/mol. The Balaban J connectivity index is 2.23. The summed E-state index contributed by atoms with van der Waals surface area (Å²) in [4.78, 5) is 20.8. The standard InChI is InChI=1S/C16H17ClN4O/c1-4-7-18-16-19-11(3)8-14(21-16)15(22)20-13-9-12(17)6-5-10(13)2/h4-6,8-9H,1,7H2,2-3H3,(H,20,22)(H,18,19,21). The van der Waals surface area contributed by atoms with Crippen LogP contribution in [0.15, 0.2) is 36.9 Å². The number of hydrogen-bond acceptors (Lipinski definition) is 4. The molecule has 2 rings (SSSR count). The number of aromatic nitrogens is 2. The van der Waals surface area contributed by atoms with Gasteiger partial charge in [-0.1, -0.05) is 23.7 Å². The molecular weight excluding hydrogens is 300 g/mol. The number of rotatable bonds is 5. The fourth-order valence-corrected chi connectivity index (χ4v) is 2.01. The van der Waals surface area contributed by atoms with Gasteiger partial charge < -0.3 is 10.6 Å². The third-order valence-corrected chi connectivity index (χ3v) is 3.17. The topological polar surface area (TPSA) is 66.9 Å². The van der Waals surface area contributed by atoms with Crippen LogP contribution in [-0.2, 0) is 0 Å². The lowest BCUT2D eigenvalue weighted by Crippen LogP contribution is -2.16. The van der Waals surface area contributed by atoms with E-state index in [0.29, 0.717) is 34.6 Å². The van der Waals surface area contributed by atoms with Gasteiger partial charge in [0.05, 0.1) is 0 Å². The fraction of sp³-hybridized carbons (Fsp3) is 0.188. The second-order valence-electron chi connectivity index (χ2n) is 4.80. The summed E-state index contributed by atoms with van der Waals surface area (Å²) in [6.07, 6.45) is 1.70. The quantitative estimate of drug-likeness (QED) is 0.827. The van der Waals surface area contributed by atoms with Crippen molar-refractivity contribution in [2.24, 2.45) is 0 Å². The molecule has 1 heterocycles. The summed E-state index contributed by atoms with van der Waals surface area (Å²) in [7, 11) is 0. The molecule has 0 unspecified atom stereocenters. The number of anilines is 2. The van der Waals surface area contributed by atoms with E-state index in [1.165, 1.54) is 0 Å². The highest BCUT2D eigenvalue weighted by atomic mass is 35.5. The number of benzene rings is 1. The average Bonchev–Trinajstić information content (AvgIpc) is 2.48. The number of nitrogens with one attached hydrogen (secondary N) is 2. The molecule has 0 aliphatic rings. The zero-order valence-electron chi connectivity index (χ0n) is 12.5. The Morgan fingerprint density at radius 1 is 1.32 bits per heavy atom. The maximum absolute atomic E-state index is 12.4. The molecule has 0 spiro atoms. The van der Waals surface area contributed by atoms with Crippen molar-refractivity contribution in [1.29, 1.82) is 0 Å². The van der Waals surface area contributed by atoms with Gasteiger partial charge in [-0.05, 0) is 37.6 Å². The molecule has 2 N–H and O–H groups in total. The van der Waals surface area contributed by atoms with Crippen molar-refractivity contribution in [3.05, 3.63) is 58.9 Å². The number of aryl methyl sites for hydroxylation is 2. The van der Waals surface area contributed by atoms with Crippen LogP contribution >= 0.6 is 11.6 Å². The molecule has 0 saturated carbocycles. The van der Waals surface area contributed by atoms with E-state index in [1.54, 1.807) is 24.3 Å². The SMILES string of the molecule is C=CCNc1nc(C)cc(C(=O)Nc2cc(Cl)ccc2C)n1. The molecule has 6 heteroatoms. The van der Waals surface area contributed by atoms with E-state index in [1.807, 2.05) is 19.9 Å². The number of halogens is 1. The van der Waals surface area contributed by atoms with Crippen LogP contribution < -0.4 is 10.6 Å². The van der Waals surface area contributed by atoms with E-state index in [9.17, 15) is 4.79 Å². The lowest BCUT2D eigenvalue weighted by atomic mass is 10.2. The maximum atomic E-state index is 12.4. The van der Waals surface area contributed by atoms with Gasteiger partial charge in [-0.25, -0.2) is 9.97 Å². The van der Waals surface area contributed by atoms with Crippen LogP contribution in [0, 0.1) is 13.8 Å². The Labute approximate surface area is 134 Å². The first-order valence-electron chi connectivity index (χ1n) is 6.77. The van der Waals surface area contributed by atoms with Crippen molar-refractivity contribution in [1.82, 2.24) is 9.97 Å². The van der Waals surface area contributed by atoms with Gasteiger partial charge in [0.1, 0.15) is 5.69 Å². The number of carbonyl (C=O) groups excluding carboxylic acids is 1. The lowest BCUT2D eigenvalue weighted by molar-refractivity contribution is 0.102. The van der Waals surface area contributed by atoms with Gasteiger partial charge in [0.25, 0.3) is 5.91 Å². The van der Waals surface area contributed by atoms with Crippen molar-refractivity contribution in [3.8, 4) is 0 Å². The van der Waals surface area contributed by atoms with E-state index >= 15 is 0 Å². The van der Waals surface area contributed by atoms with Gasteiger partial charge in [-0.3, -0.25) is 4.79 Å². The van der Waals surface area contributed by atoms with Gasteiger partial charge in [0, 0.05) is 22.9 Å². The minimum atomic E-state index is -0.308. The first-order chi connectivity index (χ1) is 10.5. The molecule has 114 valence electrons. The summed E-state index contributed by atoms with van der Waals surface area (Å²) in [5.74, 6) is 0.0883. The molecule has 22 heavy (non-hydrogen) atoms. The summed E-state index contributed by atoms with van der Waals surface area (Å²) >= 11 is 5.96. The maximum Gasteiger partial charge on any atom is 0.274 e. The molecule has 1 aromatic carbocycles. The number of hydrogen-bond donors (Lipinski definition) is 2. The molecule has 0 atom stereocenters. The first kappa shape index (κ1) is 16.0. The zero-order valence-corrected chi connectivity index (χ0v) is 13.2. The predicted octanol–water partition coefficient (Wildman–Crippen LogP) is 3.60. The highest BCUT2D eigenvalue weighted by Gasteiger charge is 2.12. The van der Waals surface area contributed by atoms with Crippen LogP contribution in [-0.4, -0.2) is 22.4 Å². The molecule has 5 nitrogen and oxygen atoms in total. The number of carbonyl (C=O) groups is 1. The van der Waals surface area contributed by atoms with E-state index < -0.39 is 0 Å². The summed E-state index contributed by atoms with van der Waals surface area (Å²) < 4.78 is 0. The Morgan fingerprint density at radius 3 is 2.82 bits per heavy atom. The molecular formula is C16H17ClN4O. The molecule has 1 aromatic heterocycles. The summed E-state index contributed by atoms with van der Waals surface area (Å²) in [6, 6.07) is 6.97. The van der Waals surface area contributed by atoms with Crippen LogP contribution in [0.5, 0.6) is 0 Å². The molecule has 0 radical (unpaired) electrons. The Morgan fingerprint density at radius 2 is 2.09 bits per heavy atom. The average molecular weight is 317 g/mol. The van der Waals surface area contributed by atoms with Crippen molar-refractivity contribution in [2.45, 2.75) is 13.8 Å². The highest BCUT2D eigenvalue weighted by molar-refractivity contribution is 6.31. The van der Waals surface area contributed by atoms with E-state index in [-0.39, 0.29) is 5.91 Å². The minimum Gasteiger partial charge on any atom is -0.351 e. The summed E-state index contributed by atoms with van der Waals surface area (Å²) in [5, 5.41) is 6.35. The Hall–Kier alpha value is -2.40. The zero-order chi connectivity index (χ0) is 16.1. The van der Waals surface area contributed by atoms with E-state index in [4.69, 9.17) is 11.6 Å². The summed E-state index contributed by atoms with van der Waals surface area (Å²) in [6.45, 7) is 7.85. The van der Waals surface area contributed by atoms with Crippen LogP contribution in [0.1, 0.15) is 21.7 Å². The third kappa shape index (κ3) is 4.05. The fourth-order valence-electron chi connectivity index (χ4n) is 1.84. The van der Waals surface area contributed by atoms with Crippen molar-refractivity contribution >= 4 is 29.1 Å². The molecule has 0 aliphatic heterocycles. The smallest absolute Gasteiger partial charge is 0.274 e. The largest absolute Gasteiger partial charge is 0.351 e. The first-order valence-corrected chi connectivity index (χ1v) is 7.15. The molecule has 2 aromatic rings. The molecule has 0 aliphatic carbocycles. The molecule has 0 fully saturated rings. The van der Waals surface area contributed by atoms with Gasteiger partial charge in [-0.15, -0.1) is 6.58 Å². The molecule has 1 amide bonds. The van der Waals surface area contributed by atoms with Crippen LogP contribution in [0.3, 0.4) is 0 Å². The lowest BCUT2D eigenvalue weighted by Gasteiger charge is -2.10. The molecule has 0 saturated heterocycles. The van der Waals surface area contributed by atoms with Gasteiger partial charge in [-0.2, -0.15) is 0 Å². The second-order valence-corrected chi connectivity index (χ2v) is 5.24. The normalized spacial score (nSPS) is 10.1. The minimum absolute atomic E-state index is 0.290. The Kier molecular flexibility index (Phi) is 5.12. The monoisotopic (exact) mass is 316 g/mol. The van der Waals surface area contributed by atoms with Crippen LogP contribution in [0.25, 0.3) is 0 Å². The van der Waals surface area contributed by atoms with Crippen molar-refractivity contribution in [2.75, 3.05) is 17.2 Å². The van der Waals surface area contributed by atoms with Crippen LogP contribution in [0.4, 0.5) is 11.6 Å². The highest BCUT2D eigenvalue weighted by Crippen LogP contribution is 2.20. The van der Waals surface area contributed by atoms with E-state index in [2.05, 4.69) is 27.2 Å². The van der Waals surface area contributed by atoms with Crippen molar-refractivity contribution in [3.63, 3.8) is 0 Å². The van der Waals surface area contributed by atoms with Crippen LogP contribution in [0.2, 0.25) is 5.02 Å². The van der Waals surface area contributed by atoms with E-state index in [0.717, 1.165) is 5.56 Å². The second kappa shape index (κ2) is 7.04. The molecule has 0 bridgehead atoms. The Bertz CT molecular complexity index is 715. The third-order valence-electron chi connectivity index (χ3n) is 2.94. The number of nitrogens with zero attached hydrogens (tertiary/aromatic N) is 2.